The van der Waals surface area contributed by atoms with Gasteiger partial charge in [-0.1, -0.05) is 57.2 Å². The van der Waals surface area contributed by atoms with Gasteiger partial charge in [0.15, 0.2) is 9.84 Å². The minimum atomic E-state index is -3.41. The van der Waals surface area contributed by atoms with Crippen LogP contribution in [0.4, 0.5) is 5.69 Å². The normalized spacial score (nSPS) is 12.8. The topological polar surface area (TPSA) is 75.3 Å². The maximum absolute atomic E-state index is 12.4. The lowest BCUT2D eigenvalue weighted by Gasteiger charge is -2.23. The number of carbonyl (C=O) groups is 1. The molecular weight excluding hydrogens is 360 g/mol. The first-order valence-corrected chi connectivity index (χ1v) is 11.0. The average Bonchev–Trinajstić information content (AvgIpc) is 2.61. The lowest BCUT2D eigenvalue weighted by molar-refractivity contribution is -0.115. The monoisotopic (exact) mass is 388 g/mol. The predicted octanol–water partition coefficient (Wildman–Crippen LogP) is 3.58. The van der Waals surface area contributed by atoms with Crippen molar-refractivity contribution in [1.29, 1.82) is 0 Å². The molecule has 2 rings (SSSR count). The molecule has 6 heteroatoms. The number of anilines is 1. The molecule has 2 N–H and O–H groups in total. The van der Waals surface area contributed by atoms with Crippen molar-refractivity contribution < 1.29 is 13.2 Å². The number of nitrogens with one attached hydrogen (secondary N) is 2. The Bertz CT molecular complexity index is 875. The third kappa shape index (κ3) is 5.91. The van der Waals surface area contributed by atoms with Gasteiger partial charge in [0.25, 0.3) is 0 Å². The van der Waals surface area contributed by atoms with Gasteiger partial charge in [-0.25, -0.2) is 8.42 Å². The summed E-state index contributed by atoms with van der Waals surface area (Å²) in [6, 6.07) is 14.8. The van der Waals surface area contributed by atoms with Crippen molar-refractivity contribution in [2.24, 2.45) is 5.92 Å². The minimum absolute atomic E-state index is 0.0341. The number of hydrogen-bond donors (Lipinski definition) is 2. The molecule has 27 heavy (non-hydrogen) atoms. The lowest BCUT2D eigenvalue weighted by atomic mass is 9.95. The van der Waals surface area contributed by atoms with Gasteiger partial charge in [0.05, 0.1) is 17.1 Å². The molecule has 0 aromatic heterocycles. The SMILES string of the molecule is CCc1ccc([C@@H](NCC(=O)Nc2ccccc2S(C)(=O)=O)C(C)C)cc1. The number of aryl methyl sites for hydroxylation is 1. The van der Waals surface area contributed by atoms with Crippen LogP contribution in [0.2, 0.25) is 0 Å². The third-order valence-electron chi connectivity index (χ3n) is 4.46. The summed E-state index contributed by atoms with van der Waals surface area (Å²) in [6.07, 6.45) is 2.12. The standard InChI is InChI=1S/C21H28N2O3S/c1-5-16-10-12-17(13-11-16)21(15(2)3)22-14-20(24)23-18-8-6-7-9-19(18)27(4,25)26/h6-13,15,21-22H,5,14H2,1-4H3,(H,23,24)/t21-/m0/s1. The second kappa shape index (κ2) is 9.15. The zero-order chi connectivity index (χ0) is 20.0. The van der Waals surface area contributed by atoms with Crippen molar-refractivity contribution in [3.63, 3.8) is 0 Å². The third-order valence-corrected chi connectivity index (χ3v) is 5.61. The van der Waals surface area contributed by atoms with Crippen LogP contribution >= 0.6 is 0 Å². The molecule has 2 aromatic rings. The van der Waals surface area contributed by atoms with Crippen molar-refractivity contribution in [1.82, 2.24) is 5.32 Å². The van der Waals surface area contributed by atoms with Crippen molar-refractivity contribution in [2.75, 3.05) is 18.1 Å². The Morgan fingerprint density at radius 1 is 1.04 bits per heavy atom. The molecule has 1 amide bonds. The molecule has 0 unspecified atom stereocenters. The van der Waals surface area contributed by atoms with Crippen LogP contribution in [0.1, 0.15) is 37.9 Å². The molecule has 2 aromatic carbocycles. The lowest BCUT2D eigenvalue weighted by Crippen LogP contribution is -2.33. The van der Waals surface area contributed by atoms with Gasteiger partial charge in [-0.05, 0) is 35.6 Å². The summed E-state index contributed by atoms with van der Waals surface area (Å²) < 4.78 is 23.7. The molecule has 0 aliphatic carbocycles. The summed E-state index contributed by atoms with van der Waals surface area (Å²) in [7, 11) is -3.41. The summed E-state index contributed by atoms with van der Waals surface area (Å²) in [5, 5.41) is 5.99. The van der Waals surface area contributed by atoms with Crippen LogP contribution < -0.4 is 10.6 Å². The van der Waals surface area contributed by atoms with Crippen LogP contribution in [0.15, 0.2) is 53.4 Å². The Morgan fingerprint density at radius 2 is 1.67 bits per heavy atom. The Kier molecular flexibility index (Phi) is 7.16. The number of sulfone groups is 1. The Balaban J connectivity index is 2.07. The highest BCUT2D eigenvalue weighted by molar-refractivity contribution is 7.90. The van der Waals surface area contributed by atoms with E-state index < -0.39 is 9.84 Å². The van der Waals surface area contributed by atoms with E-state index in [2.05, 4.69) is 55.7 Å². The van der Waals surface area contributed by atoms with E-state index in [4.69, 9.17) is 0 Å². The molecule has 146 valence electrons. The zero-order valence-corrected chi connectivity index (χ0v) is 17.1. The van der Waals surface area contributed by atoms with Gasteiger partial charge >= 0.3 is 0 Å². The van der Waals surface area contributed by atoms with E-state index in [1.54, 1.807) is 18.2 Å². The second-order valence-electron chi connectivity index (χ2n) is 7.01. The molecule has 0 aliphatic rings. The number of para-hydroxylation sites is 1. The molecule has 0 fully saturated rings. The fraction of sp³-hybridized carbons (Fsp3) is 0.381. The maximum atomic E-state index is 12.4. The average molecular weight is 389 g/mol. The van der Waals surface area contributed by atoms with Crippen LogP contribution in [0.3, 0.4) is 0 Å². The highest BCUT2D eigenvalue weighted by Crippen LogP contribution is 2.23. The van der Waals surface area contributed by atoms with Crippen LogP contribution in [0.5, 0.6) is 0 Å². The van der Waals surface area contributed by atoms with E-state index in [0.717, 1.165) is 18.2 Å². The fourth-order valence-corrected chi connectivity index (χ4v) is 3.83. The van der Waals surface area contributed by atoms with Gasteiger partial charge in [0.1, 0.15) is 0 Å². The van der Waals surface area contributed by atoms with Crippen molar-refractivity contribution in [3.05, 3.63) is 59.7 Å². The van der Waals surface area contributed by atoms with Crippen LogP contribution in [0.25, 0.3) is 0 Å². The first kappa shape index (κ1) is 21.1. The van der Waals surface area contributed by atoms with E-state index in [-0.39, 0.29) is 23.4 Å². The molecule has 0 spiro atoms. The van der Waals surface area contributed by atoms with Crippen LogP contribution in [-0.4, -0.2) is 27.1 Å². The molecule has 0 radical (unpaired) electrons. The quantitative estimate of drug-likeness (QED) is 0.725. The van der Waals surface area contributed by atoms with Crippen LogP contribution in [-0.2, 0) is 21.1 Å². The Morgan fingerprint density at radius 3 is 2.22 bits per heavy atom. The van der Waals surface area contributed by atoms with Gasteiger partial charge < -0.3 is 10.6 Å². The molecule has 0 saturated heterocycles. The number of carbonyl (C=O) groups excluding carboxylic acids is 1. The van der Waals surface area contributed by atoms with Gasteiger partial charge in [-0.2, -0.15) is 0 Å². The first-order valence-electron chi connectivity index (χ1n) is 9.13. The second-order valence-corrected chi connectivity index (χ2v) is 9.00. The van der Waals surface area contributed by atoms with Gasteiger partial charge in [0, 0.05) is 12.3 Å². The molecular formula is C21H28N2O3S. The number of hydrogen-bond acceptors (Lipinski definition) is 4. The smallest absolute Gasteiger partial charge is 0.238 e. The summed E-state index contributed by atoms with van der Waals surface area (Å²) in [5.41, 5.74) is 2.71. The maximum Gasteiger partial charge on any atom is 0.238 e. The summed E-state index contributed by atoms with van der Waals surface area (Å²) in [6.45, 7) is 6.41. The first-order chi connectivity index (χ1) is 12.7. The predicted molar refractivity (Wildman–Crippen MR) is 110 cm³/mol. The van der Waals surface area contributed by atoms with Crippen molar-refractivity contribution in [2.45, 2.75) is 38.1 Å². The largest absolute Gasteiger partial charge is 0.324 e. The molecule has 0 bridgehead atoms. The number of rotatable bonds is 8. The Hall–Kier alpha value is -2.18. The van der Waals surface area contributed by atoms with Crippen LogP contribution in [0, 0.1) is 5.92 Å². The molecule has 0 saturated carbocycles. The molecule has 5 nitrogen and oxygen atoms in total. The zero-order valence-electron chi connectivity index (χ0n) is 16.3. The van der Waals surface area contributed by atoms with Gasteiger partial charge in [0.2, 0.25) is 5.91 Å². The summed E-state index contributed by atoms with van der Waals surface area (Å²) >= 11 is 0. The molecule has 0 aliphatic heterocycles. The highest BCUT2D eigenvalue weighted by atomic mass is 32.2. The number of benzene rings is 2. The van der Waals surface area contributed by atoms with E-state index in [1.165, 1.54) is 11.6 Å². The van der Waals surface area contributed by atoms with E-state index >= 15 is 0 Å². The minimum Gasteiger partial charge on any atom is -0.324 e. The van der Waals surface area contributed by atoms with E-state index in [1.807, 2.05) is 0 Å². The molecule has 1 atom stereocenters. The fourth-order valence-electron chi connectivity index (χ4n) is 2.99. The van der Waals surface area contributed by atoms with Crippen molar-refractivity contribution in [3.8, 4) is 0 Å². The van der Waals surface area contributed by atoms with Crippen molar-refractivity contribution >= 4 is 21.4 Å². The summed E-state index contributed by atoms with van der Waals surface area (Å²) in [5.74, 6) is 0.0236. The van der Waals surface area contributed by atoms with E-state index in [0.29, 0.717) is 11.6 Å². The number of amides is 1. The van der Waals surface area contributed by atoms with Gasteiger partial charge in [-0.15, -0.1) is 0 Å². The highest BCUT2D eigenvalue weighted by Gasteiger charge is 2.18. The Labute approximate surface area is 162 Å². The molecule has 0 heterocycles. The summed E-state index contributed by atoms with van der Waals surface area (Å²) in [4.78, 5) is 12.5. The van der Waals surface area contributed by atoms with E-state index in [9.17, 15) is 13.2 Å². The van der Waals surface area contributed by atoms with Gasteiger partial charge in [-0.3, -0.25) is 4.79 Å².